The van der Waals surface area contributed by atoms with Gasteiger partial charge in [0.15, 0.2) is 0 Å². The Morgan fingerprint density at radius 1 is 1.10 bits per heavy atom. The minimum atomic E-state index is 0.462. The van der Waals surface area contributed by atoms with Crippen LogP contribution in [0.5, 0.6) is 5.75 Å². The van der Waals surface area contributed by atoms with Gasteiger partial charge in [0.05, 0.1) is 20.2 Å². The number of rotatable bonds is 5. The van der Waals surface area contributed by atoms with Crippen molar-refractivity contribution in [2.75, 3.05) is 0 Å². The molecule has 0 radical (unpaired) electrons. The lowest BCUT2D eigenvalue weighted by molar-refractivity contribution is 0.303. The van der Waals surface area contributed by atoms with Crippen molar-refractivity contribution in [3.05, 3.63) is 89.8 Å². The first-order valence-corrected chi connectivity index (χ1v) is 11.9. The average molecular weight is 631 g/mol. The van der Waals surface area contributed by atoms with Crippen molar-refractivity contribution in [3.63, 3.8) is 0 Å². The number of halogens is 2. The lowest BCUT2D eigenvalue weighted by Crippen LogP contribution is -2.00. The number of imidazole rings is 1. The summed E-state index contributed by atoms with van der Waals surface area (Å²) < 4.78 is 8.26. The summed E-state index contributed by atoms with van der Waals surface area (Å²) in [6.45, 7) is 4.60. The molecular weight excluding hydrogens is 612 g/mol. The summed E-state index contributed by atoms with van der Waals surface area (Å²) in [6, 6.07) is 20.6. The predicted octanol–water partition coefficient (Wildman–Crippen LogP) is 7.03. The molecule has 4 aromatic rings. The Morgan fingerprint density at radius 3 is 2.58 bits per heavy atom. The second-order valence-electron chi connectivity index (χ2n) is 7.29. The molecule has 4 nitrogen and oxygen atoms in total. The minimum absolute atomic E-state index is 0.462. The summed E-state index contributed by atoms with van der Waals surface area (Å²) in [7, 11) is 0. The van der Waals surface area contributed by atoms with Gasteiger partial charge in [0.1, 0.15) is 24.3 Å². The molecule has 1 aromatic heterocycles. The van der Waals surface area contributed by atoms with E-state index in [1.54, 1.807) is 0 Å². The second-order valence-corrected chi connectivity index (χ2v) is 9.70. The van der Waals surface area contributed by atoms with Gasteiger partial charge in [-0.1, -0.05) is 30.3 Å². The van der Waals surface area contributed by atoms with Crippen molar-refractivity contribution in [3.8, 4) is 11.8 Å². The van der Waals surface area contributed by atoms with Crippen LogP contribution in [0.25, 0.3) is 22.7 Å². The van der Waals surface area contributed by atoms with E-state index in [4.69, 9.17) is 4.74 Å². The normalized spacial score (nSPS) is 11.5. The number of nitriles is 1. The number of ether oxygens (including phenoxy) is 1. The van der Waals surface area contributed by atoms with E-state index in [1.165, 1.54) is 11.1 Å². The Kier molecular flexibility index (Phi) is 6.62. The molecule has 6 heteroatoms. The number of allylic oxidation sites excluding steroid dienone is 1. The molecular formula is C25H19I2N3O. The van der Waals surface area contributed by atoms with Crippen LogP contribution in [0.15, 0.2) is 54.6 Å². The number of hydrogen-bond donors (Lipinski definition) is 1. The van der Waals surface area contributed by atoms with E-state index >= 15 is 0 Å². The highest BCUT2D eigenvalue weighted by atomic mass is 127. The molecule has 1 heterocycles. The number of aromatic nitrogens is 2. The smallest absolute Gasteiger partial charge is 0.149 e. The van der Waals surface area contributed by atoms with Crippen molar-refractivity contribution in [2.24, 2.45) is 0 Å². The standard InChI is InChI=1S/C25H19I2N3O/c1-15-8-22-23(9-16(15)2)30-25(29-22)19(13-28)10-18-11-20(26)12-21(27)24(18)31-14-17-6-4-3-5-7-17/h3-12H,14H2,1-2H3,(H,29,30)/b19-10+. The largest absolute Gasteiger partial charge is 0.487 e. The predicted molar refractivity (Wildman–Crippen MR) is 142 cm³/mol. The average Bonchev–Trinajstić information content (AvgIpc) is 3.14. The van der Waals surface area contributed by atoms with Crippen molar-refractivity contribution >= 4 is 67.9 Å². The molecule has 0 amide bonds. The highest BCUT2D eigenvalue weighted by Crippen LogP contribution is 2.32. The molecule has 0 atom stereocenters. The van der Waals surface area contributed by atoms with Crippen LogP contribution in [0, 0.1) is 32.3 Å². The van der Waals surface area contributed by atoms with Gasteiger partial charge >= 0.3 is 0 Å². The van der Waals surface area contributed by atoms with Crippen molar-refractivity contribution in [1.29, 1.82) is 5.26 Å². The molecule has 0 fully saturated rings. The first kappa shape index (κ1) is 21.8. The highest BCUT2D eigenvalue weighted by Gasteiger charge is 2.14. The van der Waals surface area contributed by atoms with Gasteiger partial charge in [-0.2, -0.15) is 5.26 Å². The zero-order valence-electron chi connectivity index (χ0n) is 17.0. The number of fused-ring (bicyclic) bond motifs is 1. The number of benzene rings is 3. The van der Waals surface area contributed by atoms with Gasteiger partial charge in [0, 0.05) is 9.13 Å². The molecule has 0 aliphatic carbocycles. The lowest BCUT2D eigenvalue weighted by Gasteiger charge is -2.13. The topological polar surface area (TPSA) is 61.7 Å². The third-order valence-electron chi connectivity index (χ3n) is 5.04. The third kappa shape index (κ3) is 4.93. The van der Waals surface area contributed by atoms with Crippen LogP contribution >= 0.6 is 45.2 Å². The van der Waals surface area contributed by atoms with E-state index in [0.29, 0.717) is 18.0 Å². The summed E-state index contributed by atoms with van der Waals surface area (Å²) >= 11 is 4.56. The molecule has 0 aliphatic heterocycles. The summed E-state index contributed by atoms with van der Waals surface area (Å²) in [6.07, 6.45) is 1.85. The Hall–Kier alpha value is -2.38. The Morgan fingerprint density at radius 2 is 1.84 bits per heavy atom. The molecule has 1 N–H and O–H groups in total. The van der Waals surface area contributed by atoms with Gasteiger partial charge < -0.3 is 9.72 Å². The van der Waals surface area contributed by atoms with Crippen LogP contribution in [0.3, 0.4) is 0 Å². The van der Waals surface area contributed by atoms with E-state index in [-0.39, 0.29) is 0 Å². The van der Waals surface area contributed by atoms with E-state index in [1.807, 2.05) is 48.5 Å². The lowest BCUT2D eigenvalue weighted by atomic mass is 10.1. The summed E-state index contributed by atoms with van der Waals surface area (Å²) in [5, 5.41) is 9.89. The van der Waals surface area contributed by atoms with Crippen LogP contribution < -0.4 is 4.74 Å². The maximum atomic E-state index is 9.89. The number of nitrogens with zero attached hydrogens (tertiary/aromatic N) is 2. The van der Waals surface area contributed by atoms with Crippen LogP contribution in [0.1, 0.15) is 28.1 Å². The maximum absolute atomic E-state index is 9.89. The Balaban J connectivity index is 1.74. The number of H-pyrrole nitrogens is 1. The fourth-order valence-corrected chi connectivity index (χ4v) is 5.32. The van der Waals surface area contributed by atoms with Crippen LogP contribution in [-0.4, -0.2) is 9.97 Å². The van der Waals surface area contributed by atoms with Crippen molar-refractivity contribution in [1.82, 2.24) is 9.97 Å². The molecule has 0 unspecified atom stereocenters. The van der Waals surface area contributed by atoms with Crippen LogP contribution in [-0.2, 0) is 6.61 Å². The zero-order chi connectivity index (χ0) is 22.0. The van der Waals surface area contributed by atoms with Crippen molar-refractivity contribution in [2.45, 2.75) is 20.5 Å². The Labute approximate surface area is 208 Å². The molecule has 4 rings (SSSR count). The summed E-state index contributed by atoms with van der Waals surface area (Å²) in [4.78, 5) is 7.95. The maximum Gasteiger partial charge on any atom is 0.149 e. The molecule has 3 aromatic carbocycles. The SMILES string of the molecule is Cc1cc2nc(/C(C#N)=C/c3cc(I)cc(I)c3OCc3ccccc3)[nH]c2cc1C. The van der Waals surface area contributed by atoms with E-state index in [2.05, 4.69) is 87.2 Å². The fraction of sp³-hybridized carbons (Fsp3) is 0.120. The first-order chi connectivity index (χ1) is 14.9. The number of aryl methyl sites for hydroxylation is 2. The number of nitrogens with one attached hydrogen (secondary N) is 1. The number of hydrogen-bond acceptors (Lipinski definition) is 3. The number of aromatic amines is 1. The molecule has 0 saturated carbocycles. The molecule has 154 valence electrons. The van der Waals surface area contributed by atoms with E-state index < -0.39 is 0 Å². The van der Waals surface area contributed by atoms with Gasteiger partial charge in [-0.15, -0.1) is 0 Å². The van der Waals surface area contributed by atoms with Gasteiger partial charge in [-0.25, -0.2) is 4.98 Å². The third-order valence-corrected chi connectivity index (χ3v) is 6.46. The van der Waals surface area contributed by atoms with Gasteiger partial charge in [0.2, 0.25) is 0 Å². The molecule has 0 spiro atoms. The van der Waals surface area contributed by atoms with E-state index in [0.717, 1.165) is 35.1 Å². The van der Waals surface area contributed by atoms with Crippen molar-refractivity contribution < 1.29 is 4.74 Å². The van der Waals surface area contributed by atoms with E-state index in [9.17, 15) is 5.26 Å². The first-order valence-electron chi connectivity index (χ1n) is 9.69. The Bertz CT molecular complexity index is 1300. The van der Waals surface area contributed by atoms with Gasteiger partial charge in [-0.05, 0) is 106 Å². The van der Waals surface area contributed by atoms with Crippen LogP contribution in [0.4, 0.5) is 0 Å². The van der Waals surface area contributed by atoms with Gasteiger partial charge in [-0.3, -0.25) is 0 Å². The summed E-state index contributed by atoms with van der Waals surface area (Å²) in [5.41, 5.74) is 6.57. The summed E-state index contributed by atoms with van der Waals surface area (Å²) in [5.74, 6) is 1.32. The zero-order valence-corrected chi connectivity index (χ0v) is 21.4. The van der Waals surface area contributed by atoms with Gasteiger partial charge in [0.25, 0.3) is 0 Å². The highest BCUT2D eigenvalue weighted by molar-refractivity contribution is 14.1. The minimum Gasteiger partial charge on any atom is -0.487 e. The quantitative estimate of drug-likeness (QED) is 0.190. The molecule has 0 aliphatic rings. The fourth-order valence-electron chi connectivity index (χ4n) is 3.28. The monoisotopic (exact) mass is 631 g/mol. The molecule has 31 heavy (non-hydrogen) atoms. The van der Waals surface area contributed by atoms with Crippen LogP contribution in [0.2, 0.25) is 0 Å². The molecule has 0 saturated heterocycles. The second kappa shape index (κ2) is 9.40. The molecule has 0 bridgehead atoms.